The van der Waals surface area contributed by atoms with E-state index in [0.29, 0.717) is 11.5 Å². The van der Waals surface area contributed by atoms with Gasteiger partial charge in [0.2, 0.25) is 0 Å². The van der Waals surface area contributed by atoms with E-state index in [4.69, 9.17) is 11.6 Å². The number of anilines is 1. The topological polar surface area (TPSA) is 66.3 Å². The maximum atomic E-state index is 11.2. The van der Waals surface area contributed by atoms with E-state index in [1.54, 1.807) is 6.07 Å². The van der Waals surface area contributed by atoms with Crippen LogP contribution in [-0.2, 0) is 0 Å². The van der Waals surface area contributed by atoms with Gasteiger partial charge in [-0.25, -0.2) is 19.3 Å². The van der Waals surface area contributed by atoms with Gasteiger partial charge in [-0.3, -0.25) is 0 Å². The van der Waals surface area contributed by atoms with Crippen molar-refractivity contribution < 1.29 is 0 Å². The second kappa shape index (κ2) is 4.52. The number of aromatic nitrogens is 4. The molecule has 86 valence electrons. The number of alkyl halides is 1. The Balaban J connectivity index is 2.41. The maximum Gasteiger partial charge on any atom is 0.348 e. The Bertz CT molecular complexity index is 534. The fourth-order valence-corrected chi connectivity index (χ4v) is 1.71. The van der Waals surface area contributed by atoms with Crippen molar-refractivity contribution in [2.45, 2.75) is 6.92 Å². The number of fused-ring (bicyclic) bond motifs is 1. The molecule has 2 heterocycles. The number of hydrogen-bond donors (Lipinski definition) is 1. The molecule has 0 saturated carbocycles. The zero-order valence-corrected chi connectivity index (χ0v) is 9.61. The Morgan fingerprint density at radius 3 is 3.12 bits per heavy atom. The first-order chi connectivity index (χ1) is 7.76. The minimum Gasteiger partial charge on any atom is -0.356 e. The molecule has 0 spiro atoms. The number of nitrogens with one attached hydrogen (secondary N) is 1. The van der Waals surface area contributed by atoms with Gasteiger partial charge in [0.1, 0.15) is 12.1 Å². The summed E-state index contributed by atoms with van der Waals surface area (Å²) in [6.07, 6.45) is 1.47. The molecule has 16 heavy (non-hydrogen) atoms. The number of H-pyrrole nitrogens is 1. The van der Waals surface area contributed by atoms with Crippen molar-refractivity contribution in [1.29, 1.82) is 0 Å². The molecule has 0 aliphatic rings. The highest BCUT2D eigenvalue weighted by Crippen LogP contribution is 2.10. The number of rotatable bonds is 4. The molecule has 2 aromatic rings. The van der Waals surface area contributed by atoms with Crippen LogP contribution in [0.1, 0.15) is 6.92 Å². The van der Waals surface area contributed by atoms with Crippen LogP contribution in [0.5, 0.6) is 0 Å². The van der Waals surface area contributed by atoms with Crippen molar-refractivity contribution in [3.63, 3.8) is 0 Å². The first kappa shape index (κ1) is 10.9. The second-order valence-electron chi connectivity index (χ2n) is 3.27. The Kier molecular flexibility index (Phi) is 3.09. The van der Waals surface area contributed by atoms with E-state index in [1.807, 2.05) is 11.8 Å². The van der Waals surface area contributed by atoms with Gasteiger partial charge in [-0.2, -0.15) is 5.10 Å². The van der Waals surface area contributed by atoms with Crippen molar-refractivity contribution >= 4 is 23.1 Å². The van der Waals surface area contributed by atoms with E-state index < -0.39 is 0 Å². The SMILES string of the molecule is CCN(CCCl)c1cc2n[nH]c(=O)n2cn1. The third-order valence-corrected chi connectivity index (χ3v) is 2.52. The summed E-state index contributed by atoms with van der Waals surface area (Å²) in [6, 6.07) is 1.76. The fraction of sp³-hybridized carbons (Fsp3) is 0.444. The lowest BCUT2D eigenvalue weighted by atomic mass is 10.4. The van der Waals surface area contributed by atoms with Gasteiger partial charge >= 0.3 is 5.69 Å². The van der Waals surface area contributed by atoms with Gasteiger partial charge in [0.15, 0.2) is 5.65 Å². The first-order valence-corrected chi connectivity index (χ1v) is 5.53. The fourth-order valence-electron chi connectivity index (χ4n) is 1.51. The molecular formula is C9H12ClN5O. The summed E-state index contributed by atoms with van der Waals surface area (Å²) < 4.78 is 1.36. The average molecular weight is 242 g/mol. The van der Waals surface area contributed by atoms with Crippen LogP contribution in [0.3, 0.4) is 0 Å². The molecular weight excluding hydrogens is 230 g/mol. The summed E-state index contributed by atoms with van der Waals surface area (Å²) in [5, 5.41) is 6.25. The molecule has 6 nitrogen and oxygen atoms in total. The Morgan fingerprint density at radius 2 is 2.44 bits per heavy atom. The molecule has 0 fully saturated rings. The highest BCUT2D eigenvalue weighted by molar-refractivity contribution is 6.18. The van der Waals surface area contributed by atoms with Gasteiger partial charge in [-0.05, 0) is 6.92 Å². The molecule has 2 rings (SSSR count). The first-order valence-electron chi connectivity index (χ1n) is 5.00. The predicted octanol–water partition coefficient (Wildman–Crippen LogP) is 0.483. The summed E-state index contributed by atoms with van der Waals surface area (Å²) in [5.41, 5.74) is 0.275. The smallest absolute Gasteiger partial charge is 0.348 e. The predicted molar refractivity (Wildman–Crippen MR) is 62.2 cm³/mol. The Labute approximate surface area is 96.9 Å². The van der Waals surface area contributed by atoms with Crippen LogP contribution < -0.4 is 10.6 Å². The van der Waals surface area contributed by atoms with E-state index in [-0.39, 0.29) is 5.69 Å². The van der Waals surface area contributed by atoms with Crippen molar-refractivity contribution in [3.05, 3.63) is 22.9 Å². The molecule has 1 N–H and O–H groups in total. The summed E-state index contributed by atoms with van der Waals surface area (Å²) in [5.74, 6) is 1.31. The van der Waals surface area contributed by atoms with Gasteiger partial charge in [0.05, 0.1) is 0 Å². The second-order valence-corrected chi connectivity index (χ2v) is 3.65. The third-order valence-electron chi connectivity index (χ3n) is 2.36. The van der Waals surface area contributed by atoms with E-state index in [0.717, 1.165) is 18.9 Å². The normalized spacial score (nSPS) is 10.9. The number of aromatic amines is 1. The molecule has 0 amide bonds. The molecule has 2 aromatic heterocycles. The number of halogens is 1. The highest BCUT2D eigenvalue weighted by atomic mass is 35.5. The van der Waals surface area contributed by atoms with Crippen molar-refractivity contribution in [1.82, 2.24) is 19.6 Å². The van der Waals surface area contributed by atoms with Gasteiger partial charge in [-0.1, -0.05) is 0 Å². The maximum absolute atomic E-state index is 11.2. The summed E-state index contributed by atoms with van der Waals surface area (Å²) >= 11 is 5.70. The van der Waals surface area contributed by atoms with E-state index >= 15 is 0 Å². The lowest BCUT2D eigenvalue weighted by Crippen LogP contribution is -2.26. The van der Waals surface area contributed by atoms with Crippen LogP contribution in [0.25, 0.3) is 5.65 Å². The van der Waals surface area contributed by atoms with E-state index in [9.17, 15) is 4.79 Å². The molecule has 0 radical (unpaired) electrons. The molecule has 0 aliphatic carbocycles. The van der Waals surface area contributed by atoms with Crippen LogP contribution in [0, 0.1) is 0 Å². The van der Waals surface area contributed by atoms with Crippen LogP contribution >= 0.6 is 11.6 Å². The molecule has 0 atom stereocenters. The Hall–Kier alpha value is -1.56. The highest BCUT2D eigenvalue weighted by Gasteiger charge is 2.07. The number of hydrogen-bond acceptors (Lipinski definition) is 4. The monoisotopic (exact) mass is 241 g/mol. The third kappa shape index (κ3) is 1.88. The summed E-state index contributed by atoms with van der Waals surface area (Å²) in [7, 11) is 0. The van der Waals surface area contributed by atoms with E-state index in [1.165, 1.54) is 10.7 Å². The zero-order valence-electron chi connectivity index (χ0n) is 8.85. The standard InChI is InChI=1S/C9H12ClN5O/c1-2-14(4-3-10)7-5-8-12-13-9(16)15(8)6-11-7/h5-6H,2-4H2,1H3,(H,13,16). The van der Waals surface area contributed by atoms with Crippen LogP contribution in [-0.4, -0.2) is 38.6 Å². The van der Waals surface area contributed by atoms with Crippen LogP contribution in [0.2, 0.25) is 0 Å². The Morgan fingerprint density at radius 1 is 1.62 bits per heavy atom. The van der Waals surface area contributed by atoms with Gasteiger partial charge in [0, 0.05) is 25.0 Å². The lowest BCUT2D eigenvalue weighted by Gasteiger charge is -2.20. The summed E-state index contributed by atoms with van der Waals surface area (Å²) in [4.78, 5) is 17.4. The zero-order chi connectivity index (χ0) is 11.5. The molecule has 0 unspecified atom stereocenters. The lowest BCUT2D eigenvalue weighted by molar-refractivity contribution is 0.841. The molecule has 7 heteroatoms. The van der Waals surface area contributed by atoms with E-state index in [2.05, 4.69) is 15.2 Å². The largest absolute Gasteiger partial charge is 0.356 e. The number of nitrogens with zero attached hydrogens (tertiary/aromatic N) is 4. The van der Waals surface area contributed by atoms with Crippen molar-refractivity contribution in [2.24, 2.45) is 0 Å². The van der Waals surface area contributed by atoms with Crippen molar-refractivity contribution in [2.75, 3.05) is 23.9 Å². The molecule has 0 saturated heterocycles. The molecule has 0 bridgehead atoms. The van der Waals surface area contributed by atoms with Gasteiger partial charge < -0.3 is 4.90 Å². The van der Waals surface area contributed by atoms with Crippen molar-refractivity contribution in [3.8, 4) is 0 Å². The molecule has 0 aromatic carbocycles. The summed E-state index contributed by atoms with van der Waals surface area (Å²) in [6.45, 7) is 3.55. The average Bonchev–Trinajstić information content (AvgIpc) is 2.67. The van der Waals surface area contributed by atoms with Gasteiger partial charge in [-0.15, -0.1) is 11.6 Å². The minimum atomic E-state index is -0.283. The van der Waals surface area contributed by atoms with Crippen LogP contribution in [0.4, 0.5) is 5.82 Å². The molecule has 0 aliphatic heterocycles. The van der Waals surface area contributed by atoms with Gasteiger partial charge in [0.25, 0.3) is 0 Å². The van der Waals surface area contributed by atoms with Crippen LogP contribution in [0.15, 0.2) is 17.2 Å². The quantitative estimate of drug-likeness (QED) is 0.791. The minimum absolute atomic E-state index is 0.283.